The fraction of sp³-hybridized carbons (Fsp3) is 0.231. The Labute approximate surface area is 111 Å². The molecule has 0 fully saturated rings. The summed E-state index contributed by atoms with van der Waals surface area (Å²) in [5, 5.41) is 6.72. The summed E-state index contributed by atoms with van der Waals surface area (Å²) < 4.78 is 1.53. The molecule has 1 heterocycles. The van der Waals surface area contributed by atoms with E-state index in [1.54, 1.807) is 19.2 Å². The molecule has 2 rings (SSSR count). The monoisotopic (exact) mass is 259 g/mol. The zero-order valence-corrected chi connectivity index (χ0v) is 11.2. The van der Waals surface area contributed by atoms with Crippen molar-refractivity contribution in [1.29, 1.82) is 0 Å². The predicted octanol–water partition coefficient (Wildman–Crippen LogP) is 1.32. The molecular weight excluding hydrogens is 242 g/mol. The summed E-state index contributed by atoms with van der Waals surface area (Å²) in [6, 6.07) is 7.33. The first-order chi connectivity index (χ1) is 8.99. The van der Waals surface area contributed by atoms with Crippen molar-refractivity contribution in [3.63, 3.8) is 0 Å². The number of aromatic nitrogens is 2. The first-order valence-electron chi connectivity index (χ1n) is 5.85. The van der Waals surface area contributed by atoms with Gasteiger partial charge in [-0.15, -0.1) is 0 Å². The molecule has 1 aromatic carbocycles. The molecule has 1 amide bonds. The lowest BCUT2D eigenvalue weighted by Crippen LogP contribution is -2.16. The van der Waals surface area contributed by atoms with E-state index in [2.05, 4.69) is 10.4 Å². The Kier molecular flexibility index (Phi) is 3.41. The predicted molar refractivity (Wildman–Crippen MR) is 76.3 cm³/mol. The van der Waals surface area contributed by atoms with Gasteiger partial charge in [0.1, 0.15) is 0 Å². The van der Waals surface area contributed by atoms with Crippen LogP contribution in [0.5, 0.6) is 0 Å². The molecule has 3 N–H and O–H groups in total. The molecule has 6 nitrogen and oxygen atoms in total. The van der Waals surface area contributed by atoms with Gasteiger partial charge in [-0.2, -0.15) is 5.10 Å². The molecule has 0 aliphatic carbocycles. The number of benzene rings is 1. The van der Waals surface area contributed by atoms with Crippen LogP contribution in [0.2, 0.25) is 0 Å². The molecule has 0 bridgehead atoms. The van der Waals surface area contributed by atoms with E-state index in [0.29, 0.717) is 17.1 Å². The van der Waals surface area contributed by atoms with Gasteiger partial charge in [-0.1, -0.05) is 0 Å². The van der Waals surface area contributed by atoms with E-state index in [1.807, 2.05) is 31.1 Å². The van der Waals surface area contributed by atoms with Gasteiger partial charge >= 0.3 is 0 Å². The smallest absolute Gasteiger partial charge is 0.256 e. The van der Waals surface area contributed by atoms with Crippen molar-refractivity contribution in [2.24, 2.45) is 7.05 Å². The summed E-state index contributed by atoms with van der Waals surface area (Å²) in [5.74, 6) is 0.294. The summed E-state index contributed by atoms with van der Waals surface area (Å²) in [7, 11) is 5.62. The van der Waals surface area contributed by atoms with Gasteiger partial charge in [0.05, 0.1) is 11.9 Å². The van der Waals surface area contributed by atoms with Gasteiger partial charge in [0.2, 0.25) is 0 Å². The molecular formula is C13H17N5O. The Morgan fingerprint density at radius 1 is 1.32 bits per heavy atom. The van der Waals surface area contributed by atoms with Crippen molar-refractivity contribution >= 4 is 23.1 Å². The van der Waals surface area contributed by atoms with Crippen molar-refractivity contribution in [2.75, 3.05) is 30.0 Å². The van der Waals surface area contributed by atoms with Gasteiger partial charge in [-0.3, -0.25) is 9.48 Å². The molecule has 0 spiro atoms. The number of anilines is 3. The zero-order valence-electron chi connectivity index (χ0n) is 11.2. The van der Waals surface area contributed by atoms with E-state index in [1.165, 1.54) is 10.9 Å². The average Bonchev–Trinajstić information content (AvgIpc) is 2.70. The van der Waals surface area contributed by atoms with Crippen LogP contribution in [0.3, 0.4) is 0 Å². The van der Waals surface area contributed by atoms with Crippen LogP contribution in [0, 0.1) is 0 Å². The molecule has 6 heteroatoms. The third kappa shape index (κ3) is 2.67. The summed E-state index contributed by atoms with van der Waals surface area (Å²) in [4.78, 5) is 14.0. The van der Waals surface area contributed by atoms with E-state index in [4.69, 9.17) is 5.73 Å². The molecule has 0 unspecified atom stereocenters. The quantitative estimate of drug-likeness (QED) is 0.871. The number of nitrogen functional groups attached to an aromatic ring is 1. The second kappa shape index (κ2) is 5.01. The molecule has 0 aliphatic rings. The normalized spacial score (nSPS) is 10.3. The van der Waals surface area contributed by atoms with Gasteiger partial charge in [-0.05, 0) is 24.3 Å². The number of hydrogen-bond acceptors (Lipinski definition) is 4. The van der Waals surface area contributed by atoms with Gasteiger partial charge in [0.25, 0.3) is 5.91 Å². The Bertz CT molecular complexity index is 566. The number of carbonyl (C=O) groups is 1. The second-order valence-corrected chi connectivity index (χ2v) is 4.47. The molecule has 2 aromatic rings. The van der Waals surface area contributed by atoms with Crippen LogP contribution in [-0.2, 0) is 7.05 Å². The van der Waals surface area contributed by atoms with Crippen LogP contribution in [0.1, 0.15) is 10.4 Å². The third-order valence-electron chi connectivity index (χ3n) is 2.84. The minimum absolute atomic E-state index is 0.208. The van der Waals surface area contributed by atoms with Gasteiger partial charge in [0, 0.05) is 32.4 Å². The first-order valence-corrected chi connectivity index (χ1v) is 5.85. The van der Waals surface area contributed by atoms with Crippen LogP contribution in [0.15, 0.2) is 30.5 Å². The Balaban J connectivity index is 2.16. The number of rotatable bonds is 3. The van der Waals surface area contributed by atoms with E-state index >= 15 is 0 Å². The fourth-order valence-corrected chi connectivity index (χ4v) is 1.70. The molecule has 19 heavy (non-hydrogen) atoms. The molecule has 0 saturated carbocycles. The summed E-state index contributed by atoms with van der Waals surface area (Å²) >= 11 is 0. The highest BCUT2D eigenvalue weighted by Gasteiger charge is 2.11. The van der Waals surface area contributed by atoms with Crippen LogP contribution >= 0.6 is 0 Å². The maximum Gasteiger partial charge on any atom is 0.256 e. The Morgan fingerprint density at radius 2 is 1.95 bits per heavy atom. The molecule has 0 atom stereocenters. The van der Waals surface area contributed by atoms with Gasteiger partial charge in [0.15, 0.2) is 5.82 Å². The lowest BCUT2D eigenvalue weighted by Gasteiger charge is -2.12. The van der Waals surface area contributed by atoms with Crippen LogP contribution in [0.4, 0.5) is 17.2 Å². The van der Waals surface area contributed by atoms with Crippen LogP contribution in [0.25, 0.3) is 0 Å². The number of nitrogens with one attached hydrogen (secondary N) is 1. The molecule has 100 valence electrons. The third-order valence-corrected chi connectivity index (χ3v) is 2.84. The van der Waals surface area contributed by atoms with E-state index in [9.17, 15) is 4.79 Å². The Morgan fingerprint density at radius 3 is 2.42 bits per heavy atom. The number of nitrogens with two attached hydrogens (primary N) is 1. The zero-order chi connectivity index (χ0) is 14.0. The maximum atomic E-state index is 12.1. The number of nitrogens with zero attached hydrogens (tertiary/aromatic N) is 3. The van der Waals surface area contributed by atoms with Crippen molar-refractivity contribution in [2.45, 2.75) is 0 Å². The number of hydrogen-bond donors (Lipinski definition) is 2. The first kappa shape index (κ1) is 12.9. The molecule has 0 saturated heterocycles. The molecule has 0 radical (unpaired) electrons. The standard InChI is InChI=1S/C13H17N5O/c1-17(2)10-6-4-9(5-7-10)13(19)16-12-11(14)8-15-18(12)3/h4-8H,14H2,1-3H3,(H,16,19). The number of aryl methyl sites for hydroxylation is 1. The lowest BCUT2D eigenvalue weighted by molar-refractivity contribution is 0.102. The maximum absolute atomic E-state index is 12.1. The lowest BCUT2D eigenvalue weighted by atomic mass is 10.2. The van der Waals surface area contributed by atoms with E-state index in [-0.39, 0.29) is 5.91 Å². The second-order valence-electron chi connectivity index (χ2n) is 4.47. The largest absolute Gasteiger partial charge is 0.394 e. The van der Waals surface area contributed by atoms with Crippen molar-refractivity contribution in [3.8, 4) is 0 Å². The van der Waals surface area contributed by atoms with Crippen LogP contribution in [-0.4, -0.2) is 29.8 Å². The minimum atomic E-state index is -0.208. The average molecular weight is 259 g/mol. The summed E-state index contributed by atoms with van der Waals surface area (Å²) in [5.41, 5.74) is 7.79. The van der Waals surface area contributed by atoms with E-state index < -0.39 is 0 Å². The van der Waals surface area contributed by atoms with Crippen molar-refractivity contribution in [1.82, 2.24) is 9.78 Å². The SMILES string of the molecule is CN(C)c1ccc(C(=O)Nc2c(N)cnn2C)cc1. The minimum Gasteiger partial charge on any atom is -0.394 e. The summed E-state index contributed by atoms with van der Waals surface area (Å²) in [6.07, 6.45) is 1.50. The van der Waals surface area contributed by atoms with Crippen molar-refractivity contribution < 1.29 is 4.79 Å². The van der Waals surface area contributed by atoms with Crippen LogP contribution < -0.4 is 16.0 Å². The highest BCUT2D eigenvalue weighted by Crippen LogP contribution is 2.18. The van der Waals surface area contributed by atoms with Gasteiger partial charge in [-0.25, -0.2) is 0 Å². The fourth-order valence-electron chi connectivity index (χ4n) is 1.70. The Hall–Kier alpha value is -2.50. The topological polar surface area (TPSA) is 76.2 Å². The highest BCUT2D eigenvalue weighted by atomic mass is 16.1. The van der Waals surface area contributed by atoms with E-state index in [0.717, 1.165) is 5.69 Å². The summed E-state index contributed by atoms with van der Waals surface area (Å²) in [6.45, 7) is 0. The highest BCUT2D eigenvalue weighted by molar-refractivity contribution is 6.05. The van der Waals surface area contributed by atoms with Gasteiger partial charge < -0.3 is 16.0 Å². The van der Waals surface area contributed by atoms with Crippen molar-refractivity contribution in [3.05, 3.63) is 36.0 Å². The number of amides is 1. The molecule has 0 aliphatic heterocycles. The number of carbonyl (C=O) groups excluding carboxylic acids is 1. The molecule has 1 aromatic heterocycles.